The molecular weight excluding hydrogens is 868 g/mol. The number of ketones is 1. The molecule has 2 heterocycles. The van der Waals surface area contributed by atoms with Gasteiger partial charge in [-0.15, -0.1) is 29.1 Å². The summed E-state index contributed by atoms with van der Waals surface area (Å²) in [6.45, 7) is 21.5. The minimum atomic E-state index is -0.00694. The molecule has 8 heteroatoms. The quantitative estimate of drug-likeness (QED) is 0.0651. The molecule has 0 bridgehead atoms. The number of rotatable bonds is 10. The zero-order valence-corrected chi connectivity index (χ0v) is 37.9. The smallest absolute Gasteiger partial charge is 0.411 e. The second-order valence-electron chi connectivity index (χ2n) is 16.2. The van der Waals surface area contributed by atoms with Crippen LogP contribution in [0.4, 0.5) is 11.4 Å². The van der Waals surface area contributed by atoms with Crippen molar-refractivity contribution < 1.29 is 30.0 Å². The molecule has 5 aromatic rings. The first-order valence-electron chi connectivity index (χ1n) is 20.1. The van der Waals surface area contributed by atoms with Crippen LogP contribution in [0.25, 0.3) is 33.2 Å². The number of hydrogen-bond donors (Lipinski definition) is 1. The fraction of sp³-hybridized carbons (Fsp3) is 0.396. The van der Waals surface area contributed by atoms with Crippen molar-refractivity contribution in [1.29, 1.82) is 0 Å². The zero-order valence-electron chi connectivity index (χ0n) is 35.5. The molecule has 56 heavy (non-hydrogen) atoms. The van der Waals surface area contributed by atoms with Gasteiger partial charge in [0, 0.05) is 55.1 Å². The van der Waals surface area contributed by atoms with E-state index in [1.54, 1.807) is 0 Å². The molecule has 1 N–H and O–H groups in total. The maximum atomic E-state index is 11.7. The van der Waals surface area contributed by atoms with Crippen molar-refractivity contribution in [2.75, 3.05) is 23.7 Å². The van der Waals surface area contributed by atoms with Crippen LogP contribution >= 0.6 is 0 Å². The van der Waals surface area contributed by atoms with Gasteiger partial charge in [-0.05, 0) is 94.7 Å². The predicted molar refractivity (Wildman–Crippen MR) is 235 cm³/mol. The van der Waals surface area contributed by atoms with Gasteiger partial charge in [-0.3, -0.25) is 4.79 Å². The molecule has 1 aliphatic rings. The van der Waals surface area contributed by atoms with Crippen LogP contribution in [-0.2, 0) is 30.3 Å². The van der Waals surface area contributed by atoms with E-state index in [1.807, 2.05) is 34.6 Å². The predicted octanol–water partition coefficient (Wildman–Crippen LogP) is 11.1. The standard InChI is InChI=1S/C35H36BN4.C13H24O2.Ir/c1-22-12-11-13-23(2)34(22)36-39(7)32-17-16-26(20-33(32)40(36)8)29-21-31(38-37-24(29)3)27-18-25-14-9-10-15-28(25)30(19-27)35(4,5)6;1-5-10(6-2)12(14)9-13(15)11(7-3)8-4;/h9-17,19-21H,1-8H3;9-11,14H,5-8H2,1-4H3;/q-1;;/b;12-9-;. The van der Waals surface area contributed by atoms with Gasteiger partial charge >= 0.3 is 6.98 Å². The van der Waals surface area contributed by atoms with Crippen LogP contribution < -0.4 is 15.1 Å². The summed E-state index contributed by atoms with van der Waals surface area (Å²) < 4.78 is 0. The summed E-state index contributed by atoms with van der Waals surface area (Å²) in [7, 11) is 4.39. The number of nitrogens with zero attached hydrogens (tertiary/aromatic N) is 4. The molecule has 0 saturated heterocycles. The number of aliphatic hydroxyl groups excluding tert-OH is 1. The summed E-state index contributed by atoms with van der Waals surface area (Å²) in [5.41, 5.74) is 12.7. The minimum absolute atomic E-state index is 0. The normalized spacial score (nSPS) is 12.9. The van der Waals surface area contributed by atoms with Crippen molar-refractivity contribution >= 4 is 40.4 Å². The number of aryl methyl sites for hydroxylation is 3. The fourth-order valence-corrected chi connectivity index (χ4v) is 8.06. The van der Waals surface area contributed by atoms with E-state index in [-0.39, 0.29) is 55.9 Å². The average Bonchev–Trinajstić information content (AvgIpc) is 3.40. The van der Waals surface area contributed by atoms with Crippen LogP contribution in [0.5, 0.6) is 0 Å². The second kappa shape index (κ2) is 18.8. The van der Waals surface area contributed by atoms with E-state index in [2.05, 4.69) is 147 Å². The van der Waals surface area contributed by atoms with Crippen molar-refractivity contribution in [2.45, 2.75) is 100 Å². The molecule has 0 atom stereocenters. The maximum Gasteiger partial charge on any atom is 0.411 e. The number of hydrogen-bond acceptors (Lipinski definition) is 6. The fourth-order valence-electron chi connectivity index (χ4n) is 8.06. The van der Waals surface area contributed by atoms with Gasteiger partial charge in [0.15, 0.2) is 5.78 Å². The second-order valence-corrected chi connectivity index (χ2v) is 16.2. The monoisotopic (exact) mass is 928 g/mol. The summed E-state index contributed by atoms with van der Waals surface area (Å²) in [5, 5.41) is 21.4. The Hall–Kier alpha value is -4.26. The Labute approximate surface area is 350 Å². The Balaban J connectivity index is 0.000000372. The summed E-state index contributed by atoms with van der Waals surface area (Å²) in [6, 6.07) is 29.9. The molecule has 0 fully saturated rings. The topological polar surface area (TPSA) is 69.6 Å². The van der Waals surface area contributed by atoms with Gasteiger partial charge in [-0.1, -0.05) is 119 Å². The summed E-state index contributed by atoms with van der Waals surface area (Å²) >= 11 is 0. The third-order valence-corrected chi connectivity index (χ3v) is 11.5. The Morgan fingerprint density at radius 3 is 2.02 bits per heavy atom. The van der Waals surface area contributed by atoms with Crippen molar-refractivity contribution in [2.24, 2.45) is 11.8 Å². The largest absolute Gasteiger partial charge is 0.512 e. The van der Waals surface area contributed by atoms with Crippen LogP contribution in [0.1, 0.15) is 96.5 Å². The Kier molecular flexibility index (Phi) is 14.9. The van der Waals surface area contributed by atoms with Gasteiger partial charge in [0.05, 0.1) is 11.5 Å². The van der Waals surface area contributed by atoms with Gasteiger partial charge in [0.25, 0.3) is 0 Å². The van der Waals surface area contributed by atoms with Gasteiger partial charge in [-0.2, -0.15) is 10.2 Å². The molecule has 6 rings (SSSR count). The number of anilines is 2. The van der Waals surface area contributed by atoms with Crippen LogP contribution in [0.15, 0.2) is 84.6 Å². The van der Waals surface area contributed by atoms with E-state index in [0.29, 0.717) is 0 Å². The Morgan fingerprint density at radius 2 is 1.41 bits per heavy atom. The van der Waals surface area contributed by atoms with Crippen LogP contribution in [0.3, 0.4) is 0 Å². The Morgan fingerprint density at radius 1 is 0.804 bits per heavy atom. The number of aliphatic hydroxyl groups is 1. The van der Waals surface area contributed by atoms with Crippen LogP contribution in [-0.4, -0.2) is 42.2 Å². The van der Waals surface area contributed by atoms with E-state index in [4.69, 9.17) is 0 Å². The molecule has 0 amide bonds. The molecule has 297 valence electrons. The van der Waals surface area contributed by atoms with Gasteiger partial charge < -0.3 is 14.7 Å². The maximum absolute atomic E-state index is 11.7. The number of carbonyl (C=O) groups excluding carboxylic acids is 1. The van der Waals surface area contributed by atoms with Crippen molar-refractivity contribution in [3.05, 3.63) is 113 Å². The summed E-state index contributed by atoms with van der Waals surface area (Å²) in [6.07, 6.45) is 4.91. The molecule has 0 unspecified atom stereocenters. The molecule has 1 aromatic heterocycles. The van der Waals surface area contributed by atoms with E-state index in [1.165, 1.54) is 45.0 Å². The average molecular weight is 928 g/mol. The van der Waals surface area contributed by atoms with Crippen LogP contribution in [0, 0.1) is 38.7 Å². The SMILES string of the molecule is CCC(CC)C(=O)/C=C(\O)C(CC)CC.Cc1cccc(C)c1B1N(C)c2ccc(-c3cc(-c4[c-]c5ccccc5c(C(C)(C)C)c4)nnc3C)cc2N1C.[Ir]. The minimum Gasteiger partial charge on any atom is -0.512 e. The number of benzene rings is 4. The third kappa shape index (κ3) is 9.30. The number of allylic oxidation sites excluding steroid dienone is 2. The molecule has 4 aromatic carbocycles. The zero-order chi connectivity index (χ0) is 40.2. The summed E-state index contributed by atoms with van der Waals surface area (Å²) in [5.74, 6) is 0.547. The van der Waals surface area contributed by atoms with Crippen molar-refractivity contribution in [1.82, 2.24) is 10.2 Å². The van der Waals surface area contributed by atoms with Crippen molar-refractivity contribution in [3.8, 4) is 22.4 Å². The molecule has 6 nitrogen and oxygen atoms in total. The molecule has 1 radical (unpaired) electrons. The number of fused-ring (bicyclic) bond motifs is 2. The van der Waals surface area contributed by atoms with Gasteiger partial charge in [-0.25, -0.2) is 0 Å². The Bertz CT molecular complexity index is 2160. The molecule has 0 aliphatic carbocycles. The van der Waals surface area contributed by atoms with E-state index >= 15 is 0 Å². The van der Waals surface area contributed by atoms with Gasteiger partial charge in [0.1, 0.15) is 0 Å². The first-order valence-corrected chi connectivity index (χ1v) is 20.1. The first kappa shape index (κ1) is 44.5. The number of carbonyl (C=O) groups is 1. The van der Waals surface area contributed by atoms with Gasteiger partial charge in [0.2, 0.25) is 0 Å². The molecule has 0 saturated carbocycles. The van der Waals surface area contributed by atoms with Crippen molar-refractivity contribution in [3.63, 3.8) is 0 Å². The third-order valence-electron chi connectivity index (χ3n) is 11.5. The van der Waals surface area contributed by atoms with E-state index in [9.17, 15) is 9.90 Å². The number of aromatic nitrogens is 2. The van der Waals surface area contributed by atoms with E-state index < -0.39 is 0 Å². The molecule has 1 aliphatic heterocycles. The molecular formula is C48H60BIrN4O2-. The first-order chi connectivity index (χ1) is 26.1. The molecule has 0 spiro atoms. The van der Waals surface area contributed by atoms with E-state index in [0.717, 1.165) is 59.1 Å². The summed E-state index contributed by atoms with van der Waals surface area (Å²) in [4.78, 5) is 16.5. The van der Waals surface area contributed by atoms with Crippen LogP contribution in [0.2, 0.25) is 0 Å².